The van der Waals surface area contributed by atoms with Crippen LogP contribution >= 0.6 is 0 Å². The number of nitrogens with one attached hydrogen (secondary N) is 1. The van der Waals surface area contributed by atoms with E-state index in [1.54, 1.807) is 12.3 Å². The Kier molecular flexibility index (Phi) is 3.16. The Morgan fingerprint density at radius 3 is 2.39 bits per heavy atom. The van der Waals surface area contributed by atoms with E-state index in [2.05, 4.69) is 15.2 Å². The van der Waals surface area contributed by atoms with Gasteiger partial charge < -0.3 is 10.5 Å². The Labute approximate surface area is 132 Å². The third-order valence-electron chi connectivity index (χ3n) is 3.60. The van der Waals surface area contributed by atoms with Crippen LogP contribution in [-0.4, -0.2) is 15.2 Å². The zero-order valence-electron chi connectivity index (χ0n) is 12.2. The number of pyridine rings is 1. The summed E-state index contributed by atoms with van der Waals surface area (Å²) in [6.45, 7) is 0. The molecule has 5 heteroatoms. The van der Waals surface area contributed by atoms with E-state index >= 15 is 0 Å². The minimum absolute atomic E-state index is 0.656. The molecule has 23 heavy (non-hydrogen) atoms. The van der Waals surface area contributed by atoms with E-state index in [1.807, 2.05) is 54.6 Å². The Morgan fingerprint density at radius 2 is 1.61 bits per heavy atom. The van der Waals surface area contributed by atoms with Crippen molar-refractivity contribution in [2.45, 2.75) is 0 Å². The molecule has 0 unspecified atom stereocenters. The Hall–Kier alpha value is -3.34. The number of hydrogen-bond acceptors (Lipinski definition) is 4. The van der Waals surface area contributed by atoms with Crippen LogP contribution in [0.2, 0.25) is 0 Å². The van der Waals surface area contributed by atoms with Crippen molar-refractivity contribution in [1.29, 1.82) is 0 Å². The van der Waals surface area contributed by atoms with Gasteiger partial charge in [0, 0.05) is 17.4 Å². The molecule has 0 spiro atoms. The molecule has 0 fully saturated rings. The fraction of sp³-hybridized carbons (Fsp3) is 0. The zero-order chi connectivity index (χ0) is 15.6. The van der Waals surface area contributed by atoms with E-state index in [1.165, 1.54) is 0 Å². The van der Waals surface area contributed by atoms with Crippen LogP contribution < -0.4 is 10.5 Å². The maximum Gasteiger partial charge on any atom is 0.157 e. The molecule has 0 radical (unpaired) electrons. The number of rotatable bonds is 3. The highest BCUT2D eigenvalue weighted by Gasteiger charge is 2.11. The number of nitrogens with zero attached hydrogens (tertiary/aromatic N) is 2. The number of ether oxygens (including phenoxy) is 1. The van der Waals surface area contributed by atoms with Gasteiger partial charge in [-0.3, -0.25) is 5.10 Å². The lowest BCUT2D eigenvalue weighted by Gasteiger charge is -2.06. The van der Waals surface area contributed by atoms with E-state index < -0.39 is 0 Å². The van der Waals surface area contributed by atoms with Gasteiger partial charge in [-0.2, -0.15) is 5.10 Å². The van der Waals surface area contributed by atoms with Crippen LogP contribution in [0.15, 0.2) is 66.9 Å². The fourth-order valence-corrected chi connectivity index (χ4v) is 2.49. The fourth-order valence-electron chi connectivity index (χ4n) is 2.49. The molecule has 0 bridgehead atoms. The Bertz CT molecular complexity index is 946. The lowest BCUT2D eigenvalue weighted by atomic mass is 10.1. The van der Waals surface area contributed by atoms with Gasteiger partial charge in [-0.05, 0) is 42.5 Å². The van der Waals surface area contributed by atoms with Crippen LogP contribution in [0.4, 0.5) is 5.69 Å². The van der Waals surface area contributed by atoms with Gasteiger partial charge in [0.2, 0.25) is 0 Å². The van der Waals surface area contributed by atoms with Gasteiger partial charge in [0.25, 0.3) is 0 Å². The third-order valence-corrected chi connectivity index (χ3v) is 3.60. The van der Waals surface area contributed by atoms with Crippen molar-refractivity contribution in [3.63, 3.8) is 0 Å². The molecule has 112 valence electrons. The van der Waals surface area contributed by atoms with Crippen LogP contribution in [0.3, 0.4) is 0 Å². The summed E-state index contributed by atoms with van der Waals surface area (Å²) in [5.41, 5.74) is 9.13. The summed E-state index contributed by atoms with van der Waals surface area (Å²) < 4.78 is 5.80. The van der Waals surface area contributed by atoms with Gasteiger partial charge in [0.05, 0.1) is 5.39 Å². The molecule has 0 amide bonds. The molecule has 0 aliphatic heterocycles. The van der Waals surface area contributed by atoms with Gasteiger partial charge in [-0.25, -0.2) is 4.98 Å². The first kappa shape index (κ1) is 13.3. The van der Waals surface area contributed by atoms with Gasteiger partial charge in [0.15, 0.2) is 5.65 Å². The highest BCUT2D eigenvalue weighted by Crippen LogP contribution is 2.31. The lowest BCUT2D eigenvalue weighted by Crippen LogP contribution is -1.88. The summed E-state index contributed by atoms with van der Waals surface area (Å²) in [4.78, 5) is 4.24. The minimum Gasteiger partial charge on any atom is -0.457 e. The summed E-state index contributed by atoms with van der Waals surface area (Å²) in [5, 5.41) is 8.08. The van der Waals surface area contributed by atoms with Crippen molar-refractivity contribution in [3.05, 3.63) is 66.9 Å². The second-order valence-corrected chi connectivity index (χ2v) is 5.14. The van der Waals surface area contributed by atoms with Gasteiger partial charge in [-0.15, -0.1) is 0 Å². The minimum atomic E-state index is 0.656. The number of fused-ring (bicyclic) bond motifs is 1. The number of nitrogen functional groups attached to an aromatic ring is 1. The van der Waals surface area contributed by atoms with Crippen LogP contribution in [0.1, 0.15) is 0 Å². The molecular weight excluding hydrogens is 288 g/mol. The third kappa shape index (κ3) is 2.48. The number of para-hydroxylation sites is 1. The molecule has 4 rings (SSSR count). The van der Waals surface area contributed by atoms with Gasteiger partial charge in [0.1, 0.15) is 17.2 Å². The molecule has 0 aliphatic carbocycles. The predicted molar refractivity (Wildman–Crippen MR) is 90.3 cm³/mol. The number of benzene rings is 2. The molecule has 0 saturated carbocycles. The maximum absolute atomic E-state index is 6.05. The number of anilines is 1. The summed E-state index contributed by atoms with van der Waals surface area (Å²) in [6, 6.07) is 19.2. The zero-order valence-corrected chi connectivity index (χ0v) is 12.2. The molecule has 2 heterocycles. The largest absolute Gasteiger partial charge is 0.457 e. The van der Waals surface area contributed by atoms with Crippen LogP contribution in [0.5, 0.6) is 11.5 Å². The molecule has 4 aromatic rings. The molecule has 0 atom stereocenters. The molecule has 0 aliphatic rings. The average molecular weight is 302 g/mol. The standard InChI is InChI=1S/C18H14N4O/c19-15-10-11-20-18-16(15)17(21-22-18)12-6-8-14(9-7-12)23-13-4-2-1-3-5-13/h1-11H,(H3,19,20,21,22). The summed E-state index contributed by atoms with van der Waals surface area (Å²) in [7, 11) is 0. The number of aromatic nitrogens is 3. The molecular formula is C18H14N4O. The predicted octanol–water partition coefficient (Wildman–Crippen LogP) is 4.00. The number of aromatic amines is 1. The first-order chi connectivity index (χ1) is 11.3. The summed E-state index contributed by atoms with van der Waals surface area (Å²) >= 11 is 0. The first-order valence-corrected chi connectivity index (χ1v) is 7.23. The van der Waals surface area contributed by atoms with Crippen LogP contribution in [-0.2, 0) is 0 Å². The first-order valence-electron chi connectivity index (χ1n) is 7.23. The quantitative estimate of drug-likeness (QED) is 0.599. The second-order valence-electron chi connectivity index (χ2n) is 5.14. The van der Waals surface area contributed by atoms with Crippen molar-refractivity contribution in [1.82, 2.24) is 15.2 Å². The van der Waals surface area contributed by atoms with E-state index in [-0.39, 0.29) is 0 Å². The topological polar surface area (TPSA) is 76.8 Å². The van der Waals surface area contributed by atoms with E-state index in [0.29, 0.717) is 11.3 Å². The van der Waals surface area contributed by atoms with Crippen molar-refractivity contribution < 1.29 is 4.74 Å². The maximum atomic E-state index is 6.05. The summed E-state index contributed by atoms with van der Waals surface area (Å²) in [5.74, 6) is 1.57. The lowest BCUT2D eigenvalue weighted by molar-refractivity contribution is 0.483. The highest BCUT2D eigenvalue weighted by atomic mass is 16.5. The number of nitrogens with two attached hydrogens (primary N) is 1. The van der Waals surface area contributed by atoms with E-state index in [4.69, 9.17) is 10.5 Å². The second kappa shape index (κ2) is 5.46. The highest BCUT2D eigenvalue weighted by molar-refractivity contribution is 5.99. The van der Waals surface area contributed by atoms with Crippen LogP contribution in [0, 0.1) is 0 Å². The van der Waals surface area contributed by atoms with Crippen molar-refractivity contribution >= 4 is 16.7 Å². The molecule has 2 aromatic heterocycles. The van der Waals surface area contributed by atoms with Gasteiger partial charge >= 0.3 is 0 Å². The Morgan fingerprint density at radius 1 is 0.870 bits per heavy atom. The SMILES string of the molecule is Nc1ccnc2[nH]nc(-c3ccc(Oc4ccccc4)cc3)c12. The number of H-pyrrole nitrogens is 1. The van der Waals surface area contributed by atoms with Gasteiger partial charge in [-0.1, -0.05) is 18.2 Å². The monoisotopic (exact) mass is 302 g/mol. The van der Waals surface area contributed by atoms with Crippen molar-refractivity contribution in [2.75, 3.05) is 5.73 Å². The summed E-state index contributed by atoms with van der Waals surface area (Å²) in [6.07, 6.45) is 1.66. The molecule has 2 aromatic carbocycles. The smallest absolute Gasteiger partial charge is 0.157 e. The van der Waals surface area contributed by atoms with E-state index in [0.717, 1.165) is 28.1 Å². The normalized spacial score (nSPS) is 10.8. The average Bonchev–Trinajstić information content (AvgIpc) is 3.02. The molecule has 0 saturated heterocycles. The van der Waals surface area contributed by atoms with Crippen LogP contribution in [0.25, 0.3) is 22.3 Å². The Balaban J connectivity index is 1.67. The van der Waals surface area contributed by atoms with E-state index in [9.17, 15) is 0 Å². The van der Waals surface area contributed by atoms with Crippen molar-refractivity contribution in [3.8, 4) is 22.8 Å². The molecule has 5 nitrogen and oxygen atoms in total. The van der Waals surface area contributed by atoms with Crippen molar-refractivity contribution in [2.24, 2.45) is 0 Å². The molecule has 3 N–H and O–H groups in total. The number of hydrogen-bond donors (Lipinski definition) is 2.